The Labute approximate surface area is 155 Å². The molecular weight excluding hydrogens is 350 g/mol. The van der Waals surface area contributed by atoms with E-state index in [9.17, 15) is 8.42 Å². The number of nitrogens with one attached hydrogen (secondary N) is 1. The zero-order chi connectivity index (χ0) is 18.4. The summed E-state index contributed by atoms with van der Waals surface area (Å²) in [6, 6.07) is 10.9. The largest absolute Gasteiger partial charge is 0.493 e. The molecule has 1 aliphatic rings. The summed E-state index contributed by atoms with van der Waals surface area (Å²) in [5.41, 5.74) is 0. The standard InChI is InChI=1S/C20H27NO4S/c1-2-3-6-13-25-19-11-12-20(18-10-5-4-9-17(18)19)26(22,23)21-15-16-8-7-14-24-16/h4-5,9-12,16,21H,2-3,6-8,13-15H2,1H3/t16-/m1/s1. The average Bonchev–Trinajstić information content (AvgIpc) is 3.17. The van der Waals surface area contributed by atoms with Gasteiger partial charge in [-0.1, -0.05) is 44.0 Å². The minimum Gasteiger partial charge on any atom is -0.493 e. The lowest BCUT2D eigenvalue weighted by molar-refractivity contribution is 0.114. The molecule has 26 heavy (non-hydrogen) atoms. The second-order valence-electron chi connectivity index (χ2n) is 6.65. The SMILES string of the molecule is CCCCCOc1ccc(S(=O)(=O)NC[C@H]2CCCO2)c2ccccc12. The molecule has 0 amide bonds. The predicted octanol–water partition coefficient (Wildman–Crippen LogP) is 3.87. The van der Waals surface area contributed by atoms with Gasteiger partial charge in [-0.25, -0.2) is 13.1 Å². The molecule has 0 bridgehead atoms. The van der Waals surface area contributed by atoms with Gasteiger partial charge in [0.05, 0.1) is 17.6 Å². The maximum atomic E-state index is 12.8. The van der Waals surface area contributed by atoms with Gasteiger partial charge in [0.15, 0.2) is 0 Å². The number of benzene rings is 2. The molecule has 5 nitrogen and oxygen atoms in total. The van der Waals surface area contributed by atoms with Crippen LogP contribution in [0, 0.1) is 0 Å². The van der Waals surface area contributed by atoms with E-state index in [0.29, 0.717) is 25.1 Å². The summed E-state index contributed by atoms with van der Waals surface area (Å²) < 4.78 is 39.7. The van der Waals surface area contributed by atoms with Crippen LogP contribution in [0.15, 0.2) is 41.3 Å². The predicted molar refractivity (Wildman–Crippen MR) is 103 cm³/mol. The number of hydrogen-bond donors (Lipinski definition) is 1. The molecule has 0 spiro atoms. The van der Waals surface area contributed by atoms with Crippen LogP contribution in [0.3, 0.4) is 0 Å². The first-order valence-electron chi connectivity index (χ1n) is 9.37. The molecule has 1 saturated heterocycles. The number of fused-ring (bicyclic) bond motifs is 1. The highest BCUT2D eigenvalue weighted by Crippen LogP contribution is 2.31. The first-order valence-corrected chi connectivity index (χ1v) is 10.9. The Kier molecular flexibility index (Phi) is 6.51. The molecule has 3 rings (SSSR count). The Morgan fingerprint density at radius 2 is 1.96 bits per heavy atom. The molecule has 0 aromatic heterocycles. The van der Waals surface area contributed by atoms with E-state index in [1.54, 1.807) is 12.1 Å². The van der Waals surface area contributed by atoms with Gasteiger partial charge in [0.25, 0.3) is 0 Å². The summed E-state index contributed by atoms with van der Waals surface area (Å²) >= 11 is 0. The lowest BCUT2D eigenvalue weighted by atomic mass is 10.1. The molecule has 1 fully saturated rings. The van der Waals surface area contributed by atoms with E-state index < -0.39 is 10.0 Å². The molecule has 6 heteroatoms. The van der Waals surface area contributed by atoms with Crippen molar-refractivity contribution in [3.8, 4) is 5.75 Å². The topological polar surface area (TPSA) is 64.6 Å². The number of unbranched alkanes of at least 4 members (excludes halogenated alkanes) is 2. The van der Waals surface area contributed by atoms with Crippen LogP contribution >= 0.6 is 0 Å². The van der Waals surface area contributed by atoms with E-state index in [4.69, 9.17) is 9.47 Å². The number of hydrogen-bond acceptors (Lipinski definition) is 4. The molecule has 1 aliphatic heterocycles. The van der Waals surface area contributed by atoms with Gasteiger partial charge >= 0.3 is 0 Å². The highest BCUT2D eigenvalue weighted by atomic mass is 32.2. The summed E-state index contributed by atoms with van der Waals surface area (Å²) in [6.45, 7) is 3.81. The Morgan fingerprint density at radius 1 is 1.15 bits per heavy atom. The molecule has 0 radical (unpaired) electrons. The van der Waals surface area contributed by atoms with Crippen molar-refractivity contribution >= 4 is 20.8 Å². The van der Waals surface area contributed by atoms with Crippen molar-refractivity contribution in [1.82, 2.24) is 4.72 Å². The Balaban J connectivity index is 1.82. The monoisotopic (exact) mass is 377 g/mol. The lowest BCUT2D eigenvalue weighted by Gasteiger charge is -2.15. The van der Waals surface area contributed by atoms with Gasteiger partial charge in [0.2, 0.25) is 10.0 Å². The zero-order valence-corrected chi connectivity index (χ0v) is 16.1. The lowest BCUT2D eigenvalue weighted by Crippen LogP contribution is -2.31. The molecule has 1 N–H and O–H groups in total. The maximum Gasteiger partial charge on any atom is 0.241 e. The minimum atomic E-state index is -3.61. The number of rotatable bonds is 9. The number of ether oxygens (including phenoxy) is 2. The van der Waals surface area contributed by atoms with Crippen molar-refractivity contribution in [2.24, 2.45) is 0 Å². The van der Waals surface area contributed by atoms with Gasteiger partial charge in [-0.05, 0) is 31.4 Å². The molecule has 1 heterocycles. The third-order valence-electron chi connectivity index (χ3n) is 4.66. The molecule has 2 aromatic carbocycles. The summed E-state index contributed by atoms with van der Waals surface area (Å²) in [6.07, 6.45) is 5.10. The highest BCUT2D eigenvalue weighted by molar-refractivity contribution is 7.89. The molecule has 2 aromatic rings. The molecule has 0 saturated carbocycles. The van der Waals surface area contributed by atoms with Crippen molar-refractivity contribution in [2.45, 2.75) is 50.0 Å². The average molecular weight is 378 g/mol. The highest BCUT2D eigenvalue weighted by Gasteiger charge is 2.22. The van der Waals surface area contributed by atoms with E-state index in [1.807, 2.05) is 24.3 Å². The second kappa shape index (κ2) is 8.84. The molecule has 142 valence electrons. The third-order valence-corrected chi connectivity index (χ3v) is 6.15. The minimum absolute atomic E-state index is 0.0304. The van der Waals surface area contributed by atoms with Crippen molar-refractivity contribution in [3.63, 3.8) is 0 Å². The van der Waals surface area contributed by atoms with Gasteiger partial charge < -0.3 is 9.47 Å². The Bertz CT molecular complexity index is 829. The van der Waals surface area contributed by atoms with Crippen LogP contribution in [0.1, 0.15) is 39.0 Å². The van der Waals surface area contributed by atoms with Crippen LogP contribution in [0.25, 0.3) is 10.8 Å². The van der Waals surface area contributed by atoms with Gasteiger partial charge in [-0.2, -0.15) is 0 Å². The smallest absolute Gasteiger partial charge is 0.241 e. The molecule has 0 unspecified atom stereocenters. The van der Waals surface area contributed by atoms with Crippen LogP contribution in [-0.2, 0) is 14.8 Å². The van der Waals surface area contributed by atoms with Gasteiger partial charge in [0, 0.05) is 23.9 Å². The van der Waals surface area contributed by atoms with Crippen LogP contribution in [0.4, 0.5) is 0 Å². The van der Waals surface area contributed by atoms with Crippen LogP contribution in [0.5, 0.6) is 5.75 Å². The summed E-state index contributed by atoms with van der Waals surface area (Å²) in [4.78, 5) is 0.284. The van der Waals surface area contributed by atoms with E-state index >= 15 is 0 Å². The van der Waals surface area contributed by atoms with Gasteiger partial charge in [-0.15, -0.1) is 0 Å². The fourth-order valence-electron chi connectivity index (χ4n) is 3.22. The van der Waals surface area contributed by atoms with Gasteiger partial charge in [0.1, 0.15) is 5.75 Å². The fraction of sp³-hybridized carbons (Fsp3) is 0.500. The number of sulfonamides is 1. The Morgan fingerprint density at radius 3 is 2.69 bits per heavy atom. The summed E-state index contributed by atoms with van der Waals surface area (Å²) in [5, 5.41) is 1.50. The van der Waals surface area contributed by atoms with Crippen molar-refractivity contribution in [1.29, 1.82) is 0 Å². The summed E-state index contributed by atoms with van der Waals surface area (Å²) in [5.74, 6) is 0.731. The van der Waals surface area contributed by atoms with Gasteiger partial charge in [-0.3, -0.25) is 0 Å². The normalized spacial score (nSPS) is 17.7. The Hall–Kier alpha value is -1.63. The van der Waals surface area contributed by atoms with Crippen LogP contribution < -0.4 is 9.46 Å². The van der Waals surface area contributed by atoms with E-state index in [1.165, 1.54) is 0 Å². The quantitative estimate of drug-likeness (QED) is 0.674. The van der Waals surface area contributed by atoms with E-state index in [-0.39, 0.29) is 11.0 Å². The molecule has 1 atom stereocenters. The molecule has 0 aliphatic carbocycles. The first-order chi connectivity index (χ1) is 12.6. The van der Waals surface area contributed by atoms with E-state index in [0.717, 1.165) is 43.2 Å². The van der Waals surface area contributed by atoms with Crippen molar-refractivity contribution in [2.75, 3.05) is 19.8 Å². The fourth-order valence-corrected chi connectivity index (χ4v) is 4.50. The van der Waals surface area contributed by atoms with E-state index in [2.05, 4.69) is 11.6 Å². The molecular formula is C20H27NO4S. The zero-order valence-electron chi connectivity index (χ0n) is 15.2. The second-order valence-corrected chi connectivity index (χ2v) is 8.39. The van der Waals surface area contributed by atoms with Crippen molar-refractivity contribution < 1.29 is 17.9 Å². The maximum absolute atomic E-state index is 12.8. The first kappa shape index (κ1) is 19.1. The summed E-state index contributed by atoms with van der Waals surface area (Å²) in [7, 11) is -3.61. The third kappa shape index (κ3) is 4.55. The van der Waals surface area contributed by atoms with Crippen LogP contribution in [0.2, 0.25) is 0 Å². The van der Waals surface area contributed by atoms with Crippen LogP contribution in [-0.4, -0.2) is 34.3 Å². The van der Waals surface area contributed by atoms with Crippen molar-refractivity contribution in [3.05, 3.63) is 36.4 Å².